The molecular weight excluding hydrogens is 324 g/mol. The number of thiocarbonyl (C=S) groups is 1. The van der Waals surface area contributed by atoms with E-state index in [-0.39, 0.29) is 5.56 Å². The quantitative estimate of drug-likeness (QED) is 0.450. The third-order valence-electron chi connectivity index (χ3n) is 3.74. The summed E-state index contributed by atoms with van der Waals surface area (Å²) in [5.41, 5.74) is 7.89. The van der Waals surface area contributed by atoms with Gasteiger partial charge < -0.3 is 10.7 Å². The first-order chi connectivity index (χ1) is 11.6. The highest BCUT2D eigenvalue weighted by Crippen LogP contribution is 2.17. The summed E-state index contributed by atoms with van der Waals surface area (Å²) < 4.78 is 1.46. The molecule has 0 amide bonds. The van der Waals surface area contributed by atoms with Gasteiger partial charge in [-0.25, -0.2) is 4.98 Å². The Balaban J connectivity index is 2.33. The molecule has 1 aromatic carbocycles. The van der Waals surface area contributed by atoms with E-state index in [4.69, 9.17) is 12.2 Å². The van der Waals surface area contributed by atoms with E-state index in [2.05, 4.69) is 27.2 Å². The Morgan fingerprint density at radius 2 is 2.17 bits per heavy atom. The first-order valence-electron chi connectivity index (χ1n) is 7.15. The average Bonchev–Trinajstić information content (AvgIpc) is 2.97. The Kier molecular flexibility index (Phi) is 4.02. The van der Waals surface area contributed by atoms with Crippen LogP contribution in [0.15, 0.2) is 29.1 Å². The number of hydrazine groups is 1. The number of nitrogens with one attached hydrogen (secondary N) is 3. The highest BCUT2D eigenvalue weighted by atomic mass is 32.1. The molecule has 0 aliphatic carbocycles. The Bertz CT molecular complexity index is 1110. The molecule has 0 spiro atoms. The number of hydrogen-bond acceptors (Lipinski definition) is 5. The second-order valence-electron chi connectivity index (χ2n) is 5.08. The molecule has 120 valence electrons. The van der Waals surface area contributed by atoms with Crippen LogP contribution < -0.4 is 26.9 Å². The fraction of sp³-hybridized carbons (Fsp3) is 0.125. The van der Waals surface area contributed by atoms with Crippen molar-refractivity contribution in [3.05, 3.63) is 51.0 Å². The molecule has 2 heterocycles. The number of fused-ring (bicyclic) bond motifs is 3. The number of imidazole rings is 1. The van der Waals surface area contributed by atoms with E-state index in [1.165, 1.54) is 10.6 Å². The van der Waals surface area contributed by atoms with E-state index in [1.54, 1.807) is 20.0 Å². The topological polar surface area (TPSA) is 94.2 Å². The average molecular weight is 338 g/mol. The minimum Gasteiger partial charge on any atom is -0.364 e. The molecule has 0 radical (unpaired) electrons. The maximum atomic E-state index is 12.9. The van der Waals surface area contributed by atoms with Crippen molar-refractivity contribution in [3.8, 4) is 6.07 Å². The summed E-state index contributed by atoms with van der Waals surface area (Å²) in [6.45, 7) is 1.73. The van der Waals surface area contributed by atoms with Crippen molar-refractivity contribution in [2.45, 2.75) is 6.92 Å². The fourth-order valence-corrected chi connectivity index (χ4v) is 2.58. The van der Waals surface area contributed by atoms with E-state index in [1.807, 2.05) is 18.2 Å². The van der Waals surface area contributed by atoms with Crippen LogP contribution in [0.2, 0.25) is 0 Å². The molecule has 0 atom stereocenters. The molecule has 0 unspecified atom stereocenters. The summed E-state index contributed by atoms with van der Waals surface area (Å²) in [7, 11) is 1.68. The number of pyridine rings is 1. The standard InChI is InChI=1S/C16H14N6OS/c1-9-10(7-17)14-20-12-5-3-4-6-13(12)22(14)15(23)11(9)8-19-21-16(24)18-2/h3-6,8,19H,1-2H3,(H2,18,21,24). The van der Waals surface area contributed by atoms with Crippen molar-refractivity contribution in [1.29, 1.82) is 5.26 Å². The number of para-hydroxylation sites is 2. The van der Waals surface area contributed by atoms with E-state index < -0.39 is 0 Å². The van der Waals surface area contributed by atoms with Crippen LogP contribution in [0.5, 0.6) is 0 Å². The molecule has 2 aromatic heterocycles. The van der Waals surface area contributed by atoms with E-state index in [0.29, 0.717) is 38.1 Å². The van der Waals surface area contributed by atoms with Crippen LogP contribution >= 0.6 is 12.2 Å². The van der Waals surface area contributed by atoms with Crippen molar-refractivity contribution in [3.63, 3.8) is 0 Å². The summed E-state index contributed by atoms with van der Waals surface area (Å²) in [5.74, 6) is 0. The Labute approximate surface area is 142 Å². The van der Waals surface area contributed by atoms with Gasteiger partial charge in [0.2, 0.25) is 0 Å². The molecule has 0 saturated carbocycles. The van der Waals surface area contributed by atoms with Crippen LogP contribution in [0.3, 0.4) is 0 Å². The van der Waals surface area contributed by atoms with Crippen LogP contribution in [0.25, 0.3) is 22.9 Å². The predicted octanol–water partition coefficient (Wildman–Crippen LogP) is 0.0832. The number of rotatable bonds is 2. The maximum absolute atomic E-state index is 12.9. The summed E-state index contributed by atoms with van der Waals surface area (Å²) in [4.78, 5) is 17.3. The van der Waals surface area contributed by atoms with Crippen molar-refractivity contribution in [2.24, 2.45) is 0 Å². The molecule has 0 aliphatic heterocycles. The van der Waals surface area contributed by atoms with Gasteiger partial charge in [0.15, 0.2) is 10.8 Å². The molecule has 0 saturated heterocycles. The third-order valence-corrected chi connectivity index (χ3v) is 4.04. The lowest BCUT2D eigenvalue weighted by Gasteiger charge is -2.07. The fourth-order valence-electron chi connectivity index (χ4n) is 2.52. The number of hydrogen-bond donors (Lipinski definition) is 3. The van der Waals surface area contributed by atoms with Crippen LogP contribution in [0.1, 0.15) is 11.1 Å². The third kappa shape index (κ3) is 2.41. The molecule has 3 rings (SSSR count). The molecule has 3 N–H and O–H groups in total. The van der Waals surface area contributed by atoms with E-state index in [9.17, 15) is 10.1 Å². The molecule has 24 heavy (non-hydrogen) atoms. The van der Waals surface area contributed by atoms with Gasteiger partial charge in [-0.1, -0.05) is 12.1 Å². The van der Waals surface area contributed by atoms with Crippen LogP contribution in [-0.4, -0.2) is 21.5 Å². The SMILES string of the molecule is CNC(=S)NNC=c1c(C)c(C#N)c2nc3ccccc3n2c1=O. The molecule has 7 nitrogen and oxygen atoms in total. The normalized spacial score (nSPS) is 11.5. The predicted molar refractivity (Wildman–Crippen MR) is 96.0 cm³/mol. The van der Waals surface area contributed by atoms with E-state index in [0.717, 1.165) is 0 Å². The number of nitrogens with zero attached hydrogens (tertiary/aromatic N) is 3. The molecule has 0 bridgehead atoms. The second kappa shape index (κ2) is 6.14. The summed E-state index contributed by atoms with van der Waals surface area (Å²) in [5, 5.41) is 13.0. The smallest absolute Gasteiger partial charge is 0.265 e. The van der Waals surface area contributed by atoms with Gasteiger partial charge in [0, 0.05) is 13.2 Å². The first kappa shape index (κ1) is 15.7. The zero-order valence-corrected chi connectivity index (χ0v) is 13.9. The van der Waals surface area contributed by atoms with Crippen LogP contribution in [0, 0.1) is 18.3 Å². The summed E-state index contributed by atoms with van der Waals surface area (Å²) in [6.07, 6.45) is 1.50. The minimum absolute atomic E-state index is 0.250. The lowest BCUT2D eigenvalue weighted by molar-refractivity contribution is 0.838. The van der Waals surface area contributed by atoms with Gasteiger partial charge >= 0.3 is 0 Å². The largest absolute Gasteiger partial charge is 0.364 e. The zero-order valence-electron chi connectivity index (χ0n) is 13.0. The lowest BCUT2D eigenvalue weighted by atomic mass is 10.1. The maximum Gasteiger partial charge on any atom is 0.265 e. The highest BCUT2D eigenvalue weighted by molar-refractivity contribution is 7.80. The van der Waals surface area contributed by atoms with Gasteiger partial charge in [0.05, 0.1) is 21.8 Å². The molecule has 0 aliphatic rings. The number of benzene rings is 1. The highest BCUT2D eigenvalue weighted by Gasteiger charge is 2.15. The summed E-state index contributed by atoms with van der Waals surface area (Å²) in [6, 6.07) is 9.44. The van der Waals surface area contributed by atoms with Gasteiger partial charge in [-0.05, 0) is 36.8 Å². The summed E-state index contributed by atoms with van der Waals surface area (Å²) >= 11 is 4.96. The van der Waals surface area contributed by atoms with Gasteiger partial charge in [0.1, 0.15) is 6.07 Å². The Morgan fingerprint density at radius 3 is 2.88 bits per heavy atom. The zero-order chi connectivity index (χ0) is 17.3. The van der Waals surface area contributed by atoms with Crippen LogP contribution in [-0.2, 0) is 0 Å². The molecule has 3 aromatic rings. The molecule has 0 fully saturated rings. The second-order valence-corrected chi connectivity index (χ2v) is 5.49. The van der Waals surface area contributed by atoms with Crippen molar-refractivity contribution in [2.75, 3.05) is 7.05 Å². The van der Waals surface area contributed by atoms with Crippen molar-refractivity contribution >= 4 is 40.2 Å². The van der Waals surface area contributed by atoms with Crippen molar-refractivity contribution in [1.82, 2.24) is 25.6 Å². The number of aromatic nitrogens is 2. The van der Waals surface area contributed by atoms with Gasteiger partial charge in [-0.15, -0.1) is 0 Å². The van der Waals surface area contributed by atoms with Crippen LogP contribution in [0.4, 0.5) is 0 Å². The van der Waals surface area contributed by atoms with Gasteiger partial charge in [0.25, 0.3) is 5.56 Å². The lowest BCUT2D eigenvalue weighted by Crippen LogP contribution is -2.43. The molecule has 8 heteroatoms. The monoisotopic (exact) mass is 338 g/mol. The Morgan fingerprint density at radius 1 is 1.42 bits per heavy atom. The molecular formula is C16H14N6OS. The van der Waals surface area contributed by atoms with Gasteiger partial charge in [-0.2, -0.15) is 5.26 Å². The minimum atomic E-state index is -0.250. The first-order valence-corrected chi connectivity index (χ1v) is 7.56. The van der Waals surface area contributed by atoms with E-state index >= 15 is 0 Å². The van der Waals surface area contributed by atoms with Gasteiger partial charge in [-0.3, -0.25) is 14.6 Å². The van der Waals surface area contributed by atoms with Crippen molar-refractivity contribution < 1.29 is 0 Å². The number of nitriles is 1. The Hall–Kier alpha value is -3.18.